The van der Waals surface area contributed by atoms with Crippen LogP contribution in [0.1, 0.15) is 0 Å². The number of hydrogen-bond donors (Lipinski definition) is 0. The molecule has 0 aliphatic heterocycles. The Hall–Kier alpha value is -8.26. The second-order valence-corrected chi connectivity index (χ2v) is 16.7. The molecule has 0 saturated heterocycles. The molecule has 0 aliphatic carbocycles. The Bertz CT molecular complexity index is 3850. The fourth-order valence-corrected chi connectivity index (χ4v) is 10.8. The zero-order valence-corrected chi connectivity index (χ0v) is 34.5. The van der Waals surface area contributed by atoms with Crippen molar-refractivity contribution in [3.05, 3.63) is 237 Å². The van der Waals surface area contributed by atoms with Gasteiger partial charge in [-0.25, -0.2) is 0 Å². The Morgan fingerprint density at radius 3 is 1.29 bits per heavy atom. The Morgan fingerprint density at radius 2 is 0.651 bits per heavy atom. The van der Waals surface area contributed by atoms with Crippen LogP contribution in [0.3, 0.4) is 0 Å². The van der Waals surface area contributed by atoms with Crippen molar-refractivity contribution < 1.29 is 0 Å². The maximum atomic E-state index is 2.42. The number of fused-ring (bicyclic) bond motifs is 11. The first kappa shape index (κ1) is 35.5. The van der Waals surface area contributed by atoms with Gasteiger partial charge in [0, 0.05) is 16.5 Å². The molecule has 292 valence electrons. The molecular formula is C62H39N. The highest BCUT2D eigenvalue weighted by atomic mass is 15.0. The SMILES string of the molecule is c1ccc(-c2cccc(-c3ccc4c5ccccc5n(-c5ccccc5)c4c3)c2-c2c3ccccc3c(-c3cccc4c5ccccc5c5ccccc5c34)c3ccccc23)cc1. The molecule has 0 atom stereocenters. The van der Waals surface area contributed by atoms with Gasteiger partial charge in [-0.2, -0.15) is 0 Å². The second-order valence-electron chi connectivity index (χ2n) is 16.7. The molecule has 0 spiro atoms. The lowest BCUT2D eigenvalue weighted by atomic mass is 9.80. The van der Waals surface area contributed by atoms with Crippen LogP contribution in [0.5, 0.6) is 0 Å². The highest BCUT2D eigenvalue weighted by molar-refractivity contribution is 6.32. The van der Waals surface area contributed by atoms with E-state index in [-0.39, 0.29) is 0 Å². The molecular weight excluding hydrogens is 759 g/mol. The lowest BCUT2D eigenvalue weighted by molar-refractivity contribution is 1.18. The fourth-order valence-electron chi connectivity index (χ4n) is 10.8. The fraction of sp³-hybridized carbons (Fsp3) is 0. The number of para-hydroxylation sites is 2. The first-order chi connectivity index (χ1) is 31.3. The van der Waals surface area contributed by atoms with Crippen LogP contribution in [-0.4, -0.2) is 4.57 Å². The van der Waals surface area contributed by atoms with Crippen LogP contribution in [0.2, 0.25) is 0 Å². The predicted octanol–water partition coefficient (Wildman–Crippen LogP) is 17.2. The highest BCUT2D eigenvalue weighted by Crippen LogP contribution is 2.51. The van der Waals surface area contributed by atoms with Crippen LogP contribution in [0.15, 0.2) is 237 Å². The molecule has 13 aromatic rings. The van der Waals surface area contributed by atoms with Crippen LogP contribution in [0, 0.1) is 0 Å². The van der Waals surface area contributed by atoms with Crippen molar-refractivity contribution in [2.75, 3.05) is 0 Å². The molecule has 1 heterocycles. The molecule has 1 heteroatoms. The van der Waals surface area contributed by atoms with Crippen LogP contribution in [0.25, 0.3) is 126 Å². The largest absolute Gasteiger partial charge is 0.309 e. The zero-order valence-electron chi connectivity index (χ0n) is 34.5. The predicted molar refractivity (Wildman–Crippen MR) is 270 cm³/mol. The Labute approximate surface area is 365 Å². The molecule has 0 unspecified atom stereocenters. The third-order valence-corrected chi connectivity index (χ3v) is 13.4. The van der Waals surface area contributed by atoms with E-state index in [2.05, 4.69) is 241 Å². The Morgan fingerprint density at radius 1 is 0.222 bits per heavy atom. The van der Waals surface area contributed by atoms with E-state index < -0.39 is 0 Å². The van der Waals surface area contributed by atoms with Gasteiger partial charge >= 0.3 is 0 Å². The Kier molecular flexibility index (Phi) is 7.98. The van der Waals surface area contributed by atoms with Crippen molar-refractivity contribution in [3.63, 3.8) is 0 Å². The summed E-state index contributed by atoms with van der Waals surface area (Å²) in [6.07, 6.45) is 0. The van der Waals surface area contributed by atoms with E-state index in [1.807, 2.05) is 0 Å². The van der Waals surface area contributed by atoms with Gasteiger partial charge in [-0.05, 0) is 123 Å². The summed E-state index contributed by atoms with van der Waals surface area (Å²) < 4.78 is 2.42. The van der Waals surface area contributed by atoms with E-state index in [1.54, 1.807) is 0 Å². The van der Waals surface area contributed by atoms with Gasteiger partial charge in [0.1, 0.15) is 0 Å². The number of hydrogen-bond acceptors (Lipinski definition) is 0. The zero-order chi connectivity index (χ0) is 41.4. The first-order valence-corrected chi connectivity index (χ1v) is 21.9. The van der Waals surface area contributed by atoms with Crippen molar-refractivity contribution in [3.8, 4) is 50.2 Å². The summed E-state index contributed by atoms with van der Waals surface area (Å²) in [5.74, 6) is 0. The number of nitrogens with zero attached hydrogens (tertiary/aromatic N) is 1. The molecule has 0 radical (unpaired) electrons. The molecule has 0 bridgehead atoms. The van der Waals surface area contributed by atoms with Crippen molar-refractivity contribution in [1.29, 1.82) is 0 Å². The first-order valence-electron chi connectivity index (χ1n) is 21.9. The van der Waals surface area contributed by atoms with Gasteiger partial charge in [-0.15, -0.1) is 0 Å². The lowest BCUT2D eigenvalue weighted by Gasteiger charge is -2.23. The minimum absolute atomic E-state index is 1.15. The normalized spacial score (nSPS) is 11.8. The monoisotopic (exact) mass is 797 g/mol. The molecule has 1 aromatic heterocycles. The summed E-state index contributed by atoms with van der Waals surface area (Å²) in [5.41, 5.74) is 13.3. The van der Waals surface area contributed by atoms with Crippen LogP contribution in [0.4, 0.5) is 0 Å². The van der Waals surface area contributed by atoms with Gasteiger partial charge in [0.15, 0.2) is 0 Å². The van der Waals surface area contributed by atoms with Crippen LogP contribution < -0.4 is 0 Å². The van der Waals surface area contributed by atoms with Gasteiger partial charge < -0.3 is 4.57 Å². The molecule has 0 fully saturated rings. The smallest absolute Gasteiger partial charge is 0.0547 e. The number of benzene rings is 12. The van der Waals surface area contributed by atoms with Crippen LogP contribution >= 0.6 is 0 Å². The average Bonchev–Trinajstić information content (AvgIpc) is 3.69. The summed E-state index contributed by atoms with van der Waals surface area (Å²) in [6.45, 7) is 0. The summed E-state index contributed by atoms with van der Waals surface area (Å²) in [7, 11) is 0. The summed E-state index contributed by atoms with van der Waals surface area (Å²) in [6, 6.07) is 87.4. The quantitative estimate of drug-likeness (QED) is 0.121. The third kappa shape index (κ3) is 5.37. The van der Waals surface area contributed by atoms with Crippen molar-refractivity contribution >= 4 is 75.7 Å². The molecule has 0 amide bonds. The molecule has 13 rings (SSSR count). The van der Waals surface area contributed by atoms with Gasteiger partial charge in [-0.3, -0.25) is 0 Å². The van der Waals surface area contributed by atoms with Gasteiger partial charge in [0.25, 0.3) is 0 Å². The van der Waals surface area contributed by atoms with E-state index in [0.717, 1.165) is 5.69 Å². The van der Waals surface area contributed by atoms with Gasteiger partial charge in [0.05, 0.1) is 11.0 Å². The second kappa shape index (κ2) is 14.2. The van der Waals surface area contributed by atoms with E-state index >= 15 is 0 Å². The lowest BCUT2D eigenvalue weighted by Crippen LogP contribution is -1.96. The minimum Gasteiger partial charge on any atom is -0.309 e. The maximum Gasteiger partial charge on any atom is 0.0547 e. The molecule has 0 aliphatic rings. The Balaban J connectivity index is 1.16. The van der Waals surface area contributed by atoms with Gasteiger partial charge in [0.2, 0.25) is 0 Å². The summed E-state index contributed by atoms with van der Waals surface area (Å²) in [5, 5.41) is 15.1. The molecule has 63 heavy (non-hydrogen) atoms. The average molecular weight is 798 g/mol. The van der Waals surface area contributed by atoms with E-state index in [0.29, 0.717) is 0 Å². The van der Waals surface area contributed by atoms with E-state index in [1.165, 1.54) is 120 Å². The summed E-state index contributed by atoms with van der Waals surface area (Å²) in [4.78, 5) is 0. The topological polar surface area (TPSA) is 4.93 Å². The van der Waals surface area contributed by atoms with Crippen LogP contribution in [-0.2, 0) is 0 Å². The van der Waals surface area contributed by atoms with E-state index in [4.69, 9.17) is 0 Å². The third-order valence-electron chi connectivity index (χ3n) is 13.4. The number of rotatable bonds is 5. The van der Waals surface area contributed by atoms with Crippen molar-refractivity contribution in [1.82, 2.24) is 4.57 Å². The molecule has 12 aromatic carbocycles. The molecule has 0 N–H and O–H groups in total. The highest BCUT2D eigenvalue weighted by Gasteiger charge is 2.24. The van der Waals surface area contributed by atoms with Gasteiger partial charge in [-0.1, -0.05) is 212 Å². The molecule has 1 nitrogen and oxygen atoms in total. The molecule has 0 saturated carbocycles. The standard InChI is InChI=1S/C62H39N/c1-3-19-40(20-4-1)43-32-17-33-44(41-37-38-49-48-26-15-16-36-57(48)63(58(49)39-41)42-21-5-2-6-22-42)61(43)62-54-30-13-11-28-52(54)60(53-29-12-14-31-55(53)62)56-35-18-34-51-47-24-8-7-23-45(47)46-25-9-10-27-50(46)59(51)56/h1-39H. The van der Waals surface area contributed by atoms with Crippen molar-refractivity contribution in [2.24, 2.45) is 0 Å². The van der Waals surface area contributed by atoms with E-state index in [9.17, 15) is 0 Å². The minimum atomic E-state index is 1.15. The summed E-state index contributed by atoms with van der Waals surface area (Å²) >= 11 is 0. The van der Waals surface area contributed by atoms with Crippen molar-refractivity contribution in [2.45, 2.75) is 0 Å². The maximum absolute atomic E-state index is 2.42. The number of aromatic nitrogens is 1.